The van der Waals surface area contributed by atoms with Crippen LogP contribution in [0.1, 0.15) is 73.3 Å². The lowest BCUT2D eigenvalue weighted by atomic mass is 9.82. The molecule has 1 saturated heterocycles. The van der Waals surface area contributed by atoms with Gasteiger partial charge in [-0.15, -0.1) is 0 Å². The number of alkyl halides is 6. The number of piperidine rings is 1. The molecule has 3 atom stereocenters. The van der Waals surface area contributed by atoms with E-state index in [2.05, 4.69) is 0 Å². The van der Waals surface area contributed by atoms with Crippen LogP contribution < -0.4 is 0 Å². The minimum absolute atomic E-state index is 0.0548. The minimum Gasteiger partial charge on any atom is -0.370 e. The number of halogens is 6. The van der Waals surface area contributed by atoms with Crippen LogP contribution in [0.5, 0.6) is 0 Å². The van der Waals surface area contributed by atoms with Crippen molar-refractivity contribution in [2.45, 2.75) is 75.5 Å². The average Bonchev–Trinajstić information content (AvgIpc) is 3.33. The van der Waals surface area contributed by atoms with Crippen molar-refractivity contribution in [2.24, 2.45) is 5.92 Å². The van der Waals surface area contributed by atoms with E-state index in [1.54, 1.807) is 4.90 Å². The van der Waals surface area contributed by atoms with Crippen molar-refractivity contribution in [3.05, 3.63) is 82.9 Å². The second-order valence-electron chi connectivity index (χ2n) is 11.6. The second kappa shape index (κ2) is 12.4. The summed E-state index contributed by atoms with van der Waals surface area (Å²) < 4.78 is 87.0. The van der Waals surface area contributed by atoms with Crippen molar-refractivity contribution in [3.8, 4) is 0 Å². The molecule has 44 heavy (non-hydrogen) atoms. The lowest BCUT2D eigenvalue weighted by Gasteiger charge is -2.42. The number of carbonyl (C=O) groups is 3. The molecule has 2 fully saturated rings. The molecular formula is C32H32F6N2O4. The van der Waals surface area contributed by atoms with Crippen molar-refractivity contribution in [1.29, 1.82) is 0 Å². The van der Waals surface area contributed by atoms with E-state index in [4.69, 9.17) is 4.74 Å². The van der Waals surface area contributed by atoms with Gasteiger partial charge in [-0.25, -0.2) is 0 Å². The third-order valence-corrected chi connectivity index (χ3v) is 8.80. The Balaban J connectivity index is 1.30. The molecule has 0 aromatic heterocycles. The molecule has 2 aromatic carbocycles. The summed E-state index contributed by atoms with van der Waals surface area (Å²) in [7, 11) is 0. The fraction of sp³-hybridized carbons (Fsp3) is 0.469. The first kappa shape index (κ1) is 31.7. The lowest BCUT2D eigenvalue weighted by Crippen LogP contribution is -2.49. The predicted octanol–water partition coefficient (Wildman–Crippen LogP) is 6.67. The van der Waals surface area contributed by atoms with Gasteiger partial charge in [0.25, 0.3) is 11.8 Å². The number of hydrogen-bond acceptors (Lipinski definition) is 4. The van der Waals surface area contributed by atoms with E-state index in [1.807, 2.05) is 30.3 Å². The highest BCUT2D eigenvalue weighted by molar-refractivity contribution is 6.13. The zero-order valence-corrected chi connectivity index (χ0v) is 23.9. The first-order valence-electron chi connectivity index (χ1n) is 14.6. The highest BCUT2D eigenvalue weighted by Crippen LogP contribution is 2.40. The van der Waals surface area contributed by atoms with E-state index in [9.17, 15) is 40.7 Å². The summed E-state index contributed by atoms with van der Waals surface area (Å²) in [6, 6.07) is 10.4. The molecule has 3 aliphatic rings. The third-order valence-electron chi connectivity index (χ3n) is 8.80. The van der Waals surface area contributed by atoms with Gasteiger partial charge >= 0.3 is 12.4 Å². The molecule has 2 heterocycles. The van der Waals surface area contributed by atoms with Crippen LogP contribution in [0.2, 0.25) is 0 Å². The maximum absolute atomic E-state index is 13.6. The van der Waals surface area contributed by atoms with E-state index in [0.29, 0.717) is 50.8 Å². The molecule has 5 rings (SSSR count). The van der Waals surface area contributed by atoms with Gasteiger partial charge in [0.05, 0.1) is 23.3 Å². The molecule has 236 valence electrons. The van der Waals surface area contributed by atoms with Gasteiger partial charge in [0.15, 0.2) is 0 Å². The summed E-state index contributed by atoms with van der Waals surface area (Å²) >= 11 is 0. The second-order valence-corrected chi connectivity index (χ2v) is 11.6. The van der Waals surface area contributed by atoms with Gasteiger partial charge in [-0.3, -0.25) is 19.3 Å². The number of rotatable bonds is 6. The van der Waals surface area contributed by atoms with Crippen LogP contribution in [0.15, 0.2) is 60.7 Å². The number of likely N-dealkylation sites (tertiary alicyclic amines) is 1. The smallest absolute Gasteiger partial charge is 0.370 e. The Morgan fingerprint density at radius 3 is 1.95 bits per heavy atom. The SMILES string of the molecule is C[C@@H](O[C@H]1CCN(C(=O)[C@H]2CC[C@H](N3C(=O)C=CC3=O)CC2)C[C@H]1c1ccccc1)c1cc(C(F)(F)F)cc(C(F)(F)F)c1. The zero-order chi connectivity index (χ0) is 31.8. The Hall–Kier alpha value is -3.67. The van der Waals surface area contributed by atoms with Crippen LogP contribution in [0.3, 0.4) is 0 Å². The number of nitrogens with zero attached hydrogens (tertiary/aromatic N) is 2. The van der Waals surface area contributed by atoms with E-state index >= 15 is 0 Å². The van der Waals surface area contributed by atoms with E-state index < -0.39 is 35.7 Å². The Morgan fingerprint density at radius 1 is 0.841 bits per heavy atom. The molecule has 3 amide bonds. The van der Waals surface area contributed by atoms with Crippen LogP contribution in [-0.4, -0.2) is 52.8 Å². The van der Waals surface area contributed by atoms with Crippen LogP contribution >= 0.6 is 0 Å². The van der Waals surface area contributed by atoms with E-state index in [1.165, 1.54) is 24.0 Å². The molecule has 12 heteroatoms. The van der Waals surface area contributed by atoms with Crippen LogP contribution in [0.4, 0.5) is 26.3 Å². The summed E-state index contributed by atoms with van der Waals surface area (Å²) in [5, 5.41) is 0. The summed E-state index contributed by atoms with van der Waals surface area (Å²) in [5.41, 5.74) is -2.20. The Labute approximate surface area is 250 Å². The summed E-state index contributed by atoms with van der Waals surface area (Å²) in [6.45, 7) is 2.01. The molecule has 1 saturated carbocycles. The number of ether oxygens (including phenoxy) is 1. The monoisotopic (exact) mass is 622 g/mol. The van der Waals surface area contributed by atoms with Crippen molar-refractivity contribution in [3.63, 3.8) is 0 Å². The molecule has 6 nitrogen and oxygen atoms in total. The molecular weight excluding hydrogens is 590 g/mol. The predicted molar refractivity (Wildman–Crippen MR) is 147 cm³/mol. The zero-order valence-electron chi connectivity index (χ0n) is 23.9. The van der Waals surface area contributed by atoms with Gasteiger partial charge < -0.3 is 9.64 Å². The summed E-state index contributed by atoms with van der Waals surface area (Å²) in [5.74, 6) is -1.39. The lowest BCUT2D eigenvalue weighted by molar-refractivity contribution is -0.144. The topological polar surface area (TPSA) is 66.9 Å². The number of amides is 3. The van der Waals surface area contributed by atoms with Crippen molar-refractivity contribution in [2.75, 3.05) is 13.1 Å². The van der Waals surface area contributed by atoms with E-state index in [-0.39, 0.29) is 53.8 Å². The van der Waals surface area contributed by atoms with Gasteiger partial charge in [-0.1, -0.05) is 30.3 Å². The van der Waals surface area contributed by atoms with Crippen LogP contribution in [-0.2, 0) is 31.5 Å². The fourth-order valence-corrected chi connectivity index (χ4v) is 6.48. The third kappa shape index (κ3) is 6.85. The molecule has 0 N–H and O–H groups in total. The molecule has 1 aliphatic carbocycles. The summed E-state index contributed by atoms with van der Waals surface area (Å²) in [4.78, 5) is 40.7. The highest BCUT2D eigenvalue weighted by Gasteiger charge is 2.41. The standard InChI is InChI=1S/C32H32F6N2O4/c1-19(22-15-23(31(33,34)35)17-24(16-22)32(36,37)38)44-27-13-14-39(18-26(27)20-5-3-2-4-6-20)30(43)21-7-9-25(10-8-21)40-28(41)11-12-29(40)42/h2-6,11-12,15-17,19,21,25-27H,7-10,13-14,18H2,1H3/t19-,21-,25-,26+,27+/m1/s1. The van der Waals surface area contributed by atoms with Gasteiger partial charge in [0.2, 0.25) is 5.91 Å². The number of benzene rings is 2. The van der Waals surface area contributed by atoms with Gasteiger partial charge in [-0.05, 0) is 68.4 Å². The maximum Gasteiger partial charge on any atom is 0.416 e. The van der Waals surface area contributed by atoms with Crippen LogP contribution in [0.25, 0.3) is 0 Å². The van der Waals surface area contributed by atoms with Gasteiger partial charge in [0.1, 0.15) is 0 Å². The molecule has 0 unspecified atom stereocenters. The molecule has 0 spiro atoms. The minimum atomic E-state index is -4.97. The van der Waals surface area contributed by atoms with Crippen molar-refractivity contribution >= 4 is 17.7 Å². The largest absolute Gasteiger partial charge is 0.416 e. The van der Waals surface area contributed by atoms with Crippen LogP contribution in [0, 0.1) is 5.92 Å². The average molecular weight is 623 g/mol. The normalized spacial score (nSPS) is 25.4. The summed E-state index contributed by atoms with van der Waals surface area (Å²) in [6.07, 6.45) is -6.70. The van der Waals surface area contributed by atoms with Crippen molar-refractivity contribution < 1.29 is 45.5 Å². The molecule has 0 bridgehead atoms. The molecule has 2 aliphatic heterocycles. The quantitative estimate of drug-likeness (QED) is 0.267. The Morgan fingerprint density at radius 2 is 1.41 bits per heavy atom. The Bertz CT molecular complexity index is 1370. The van der Waals surface area contributed by atoms with Gasteiger partial charge in [0, 0.05) is 43.1 Å². The first-order valence-corrected chi connectivity index (χ1v) is 14.6. The number of imide groups is 1. The first-order chi connectivity index (χ1) is 20.7. The number of carbonyl (C=O) groups excluding carboxylic acids is 3. The van der Waals surface area contributed by atoms with Gasteiger partial charge in [-0.2, -0.15) is 26.3 Å². The van der Waals surface area contributed by atoms with E-state index in [0.717, 1.165) is 5.56 Å². The Kier molecular flexibility index (Phi) is 8.93. The maximum atomic E-state index is 13.6. The molecule has 2 aromatic rings. The fourth-order valence-electron chi connectivity index (χ4n) is 6.48. The number of hydrogen-bond donors (Lipinski definition) is 0. The highest BCUT2D eigenvalue weighted by atomic mass is 19.4. The molecule has 0 radical (unpaired) electrons. The van der Waals surface area contributed by atoms with Crippen molar-refractivity contribution in [1.82, 2.24) is 9.80 Å².